The minimum absolute atomic E-state index is 0.0306. The number of rotatable bonds is 30. The van der Waals surface area contributed by atoms with Gasteiger partial charge in [-0.1, -0.05) is 102 Å². The van der Waals surface area contributed by atoms with Crippen LogP contribution in [0.15, 0.2) is 24.3 Å². The molecule has 256 valence electrons. The SMILES string of the molecule is CCCCCCC/C=C\C/C=C\CCCCCCCCCCCC(=O)OC(COCCC(C(=O)[O-])[N+](C)(C)C)COC(C)=O. The number of quaternary nitrogens is 1. The normalized spacial score (nSPS) is 13.4. The summed E-state index contributed by atoms with van der Waals surface area (Å²) in [5.74, 6) is -1.94. The van der Waals surface area contributed by atoms with Crippen LogP contribution in [0.25, 0.3) is 0 Å². The van der Waals surface area contributed by atoms with Gasteiger partial charge in [0.05, 0.1) is 40.3 Å². The predicted octanol–water partition coefficient (Wildman–Crippen LogP) is 6.85. The smallest absolute Gasteiger partial charge is 0.306 e. The molecule has 0 saturated heterocycles. The fraction of sp³-hybridized carbons (Fsp3) is 0.806. The topological polar surface area (TPSA) is 102 Å². The molecule has 8 heteroatoms. The van der Waals surface area contributed by atoms with Gasteiger partial charge in [-0.2, -0.15) is 0 Å². The standard InChI is InChI=1S/C36H65NO7/c1-6-7-8-9-10-11-12-13-14-15-16-17-18-19-20-21-22-23-24-25-26-27-35(39)44-33(31-43-32(2)38)30-42-29-28-34(36(40)41)37(3,4)5/h12-13,15-16,33-34H,6-11,14,17-31H2,1-5H3/b13-12-,16-15-. The molecular formula is C36H65NO7. The highest BCUT2D eigenvalue weighted by atomic mass is 16.6. The van der Waals surface area contributed by atoms with Crippen molar-refractivity contribution in [2.75, 3.05) is 41.0 Å². The van der Waals surface area contributed by atoms with Crippen molar-refractivity contribution in [2.45, 2.75) is 148 Å². The van der Waals surface area contributed by atoms with E-state index < -0.39 is 24.1 Å². The Kier molecular flexibility index (Phi) is 26.9. The van der Waals surface area contributed by atoms with Crippen LogP contribution in [0.5, 0.6) is 0 Å². The van der Waals surface area contributed by atoms with Crippen molar-refractivity contribution in [3.63, 3.8) is 0 Å². The van der Waals surface area contributed by atoms with Crippen LogP contribution < -0.4 is 5.11 Å². The van der Waals surface area contributed by atoms with E-state index in [0.29, 0.717) is 6.42 Å². The van der Waals surface area contributed by atoms with Crippen LogP contribution in [0.2, 0.25) is 0 Å². The first kappa shape index (κ1) is 41.8. The van der Waals surface area contributed by atoms with Gasteiger partial charge in [-0.05, 0) is 38.5 Å². The van der Waals surface area contributed by atoms with Crippen LogP contribution >= 0.6 is 0 Å². The van der Waals surface area contributed by atoms with Crippen molar-refractivity contribution in [2.24, 2.45) is 0 Å². The fourth-order valence-electron chi connectivity index (χ4n) is 4.94. The lowest BCUT2D eigenvalue weighted by Crippen LogP contribution is -2.55. The van der Waals surface area contributed by atoms with Gasteiger partial charge in [-0.25, -0.2) is 0 Å². The number of carboxylic acid groups (broad SMARTS) is 1. The van der Waals surface area contributed by atoms with Gasteiger partial charge in [0.25, 0.3) is 0 Å². The van der Waals surface area contributed by atoms with E-state index in [1.807, 2.05) is 0 Å². The van der Waals surface area contributed by atoms with E-state index >= 15 is 0 Å². The van der Waals surface area contributed by atoms with Gasteiger partial charge < -0.3 is 28.6 Å². The zero-order valence-corrected chi connectivity index (χ0v) is 28.8. The molecule has 0 aromatic rings. The molecule has 0 aromatic carbocycles. The predicted molar refractivity (Wildman–Crippen MR) is 176 cm³/mol. The summed E-state index contributed by atoms with van der Waals surface area (Å²) in [6.07, 6.45) is 29.7. The number of unbranched alkanes of at least 4 members (excludes halogenated alkanes) is 14. The Bertz CT molecular complexity index is 788. The number of allylic oxidation sites excluding steroid dienone is 4. The highest BCUT2D eigenvalue weighted by Crippen LogP contribution is 2.13. The van der Waals surface area contributed by atoms with Crippen molar-refractivity contribution >= 4 is 17.9 Å². The third-order valence-corrected chi connectivity index (χ3v) is 7.65. The number of carboxylic acids is 1. The number of nitrogens with zero attached hydrogens (tertiary/aromatic N) is 1. The zero-order chi connectivity index (χ0) is 32.9. The summed E-state index contributed by atoms with van der Waals surface area (Å²) in [5.41, 5.74) is 0. The highest BCUT2D eigenvalue weighted by Gasteiger charge is 2.25. The molecule has 0 heterocycles. The molecule has 44 heavy (non-hydrogen) atoms. The molecule has 0 radical (unpaired) electrons. The highest BCUT2D eigenvalue weighted by molar-refractivity contribution is 5.70. The second-order valence-electron chi connectivity index (χ2n) is 12.8. The molecule has 0 aliphatic rings. The Morgan fingerprint density at radius 1 is 0.727 bits per heavy atom. The molecule has 0 N–H and O–H groups in total. The lowest BCUT2D eigenvalue weighted by atomic mass is 10.1. The first-order chi connectivity index (χ1) is 21.1. The fourth-order valence-corrected chi connectivity index (χ4v) is 4.94. The van der Waals surface area contributed by atoms with Gasteiger partial charge in [-0.3, -0.25) is 9.59 Å². The van der Waals surface area contributed by atoms with Crippen molar-refractivity contribution < 1.29 is 38.2 Å². The summed E-state index contributed by atoms with van der Waals surface area (Å²) in [6.45, 7) is 3.65. The Hall–Kier alpha value is -2.19. The van der Waals surface area contributed by atoms with Crippen LogP contribution in [-0.2, 0) is 28.6 Å². The molecule has 2 unspecified atom stereocenters. The quantitative estimate of drug-likeness (QED) is 0.0373. The molecule has 0 aliphatic carbocycles. The first-order valence-corrected chi connectivity index (χ1v) is 17.3. The minimum atomic E-state index is -1.13. The summed E-state index contributed by atoms with van der Waals surface area (Å²) in [7, 11) is 5.34. The van der Waals surface area contributed by atoms with E-state index in [4.69, 9.17) is 14.2 Å². The molecule has 2 atom stereocenters. The summed E-state index contributed by atoms with van der Waals surface area (Å²) in [6, 6.07) is -0.719. The zero-order valence-electron chi connectivity index (χ0n) is 28.8. The number of hydrogen-bond acceptors (Lipinski definition) is 7. The van der Waals surface area contributed by atoms with Gasteiger partial charge in [0.15, 0.2) is 6.10 Å². The Morgan fingerprint density at radius 2 is 1.25 bits per heavy atom. The molecule has 0 fully saturated rings. The third-order valence-electron chi connectivity index (χ3n) is 7.65. The molecule has 0 aromatic heterocycles. The average Bonchev–Trinajstić information content (AvgIpc) is 2.95. The third kappa shape index (κ3) is 27.4. The van der Waals surface area contributed by atoms with Crippen LogP contribution in [0.1, 0.15) is 136 Å². The van der Waals surface area contributed by atoms with Crippen LogP contribution in [0, 0.1) is 0 Å². The second kappa shape index (κ2) is 28.3. The monoisotopic (exact) mass is 623 g/mol. The minimum Gasteiger partial charge on any atom is -0.544 e. The van der Waals surface area contributed by atoms with Gasteiger partial charge in [-0.15, -0.1) is 0 Å². The van der Waals surface area contributed by atoms with Crippen LogP contribution in [-0.4, -0.2) is 75.5 Å². The van der Waals surface area contributed by atoms with Crippen molar-refractivity contribution in [1.29, 1.82) is 0 Å². The summed E-state index contributed by atoms with van der Waals surface area (Å²) in [4.78, 5) is 35.0. The van der Waals surface area contributed by atoms with E-state index in [2.05, 4.69) is 31.2 Å². The lowest BCUT2D eigenvalue weighted by Gasteiger charge is -2.34. The van der Waals surface area contributed by atoms with Gasteiger partial charge >= 0.3 is 11.9 Å². The lowest BCUT2D eigenvalue weighted by molar-refractivity contribution is -0.889. The van der Waals surface area contributed by atoms with Crippen molar-refractivity contribution in [3.8, 4) is 0 Å². The molecular weight excluding hydrogens is 558 g/mol. The Labute approximate surface area is 269 Å². The van der Waals surface area contributed by atoms with Gasteiger partial charge in [0.1, 0.15) is 12.6 Å². The maximum atomic E-state index is 12.3. The van der Waals surface area contributed by atoms with Gasteiger partial charge in [0, 0.05) is 19.8 Å². The van der Waals surface area contributed by atoms with Crippen LogP contribution in [0.3, 0.4) is 0 Å². The number of hydrogen-bond donors (Lipinski definition) is 0. The Morgan fingerprint density at radius 3 is 1.75 bits per heavy atom. The molecule has 8 nitrogen and oxygen atoms in total. The number of esters is 2. The molecule has 0 saturated carbocycles. The number of ether oxygens (including phenoxy) is 3. The average molecular weight is 624 g/mol. The number of carbonyl (C=O) groups excluding carboxylic acids is 3. The van der Waals surface area contributed by atoms with Gasteiger partial charge in [0.2, 0.25) is 0 Å². The molecule has 0 bridgehead atoms. The molecule has 0 rings (SSSR count). The van der Waals surface area contributed by atoms with E-state index in [1.165, 1.54) is 90.4 Å². The van der Waals surface area contributed by atoms with Crippen molar-refractivity contribution in [1.82, 2.24) is 0 Å². The summed E-state index contributed by atoms with van der Waals surface area (Å²) < 4.78 is 16.3. The number of aliphatic carboxylic acids is 1. The molecule has 0 aliphatic heterocycles. The summed E-state index contributed by atoms with van der Waals surface area (Å²) >= 11 is 0. The second-order valence-corrected chi connectivity index (χ2v) is 12.8. The van der Waals surface area contributed by atoms with E-state index in [9.17, 15) is 19.5 Å². The first-order valence-electron chi connectivity index (χ1n) is 17.3. The van der Waals surface area contributed by atoms with Crippen molar-refractivity contribution in [3.05, 3.63) is 24.3 Å². The molecule has 0 spiro atoms. The number of likely N-dealkylation sites (N-methyl/N-ethyl adjacent to an activating group) is 1. The summed E-state index contributed by atoms with van der Waals surface area (Å²) in [5, 5.41) is 11.4. The molecule has 0 amide bonds. The Balaban J connectivity index is 3.86. The largest absolute Gasteiger partial charge is 0.544 e. The number of carbonyl (C=O) groups is 3. The maximum Gasteiger partial charge on any atom is 0.306 e. The van der Waals surface area contributed by atoms with E-state index in [0.717, 1.165) is 25.7 Å². The maximum absolute atomic E-state index is 12.3. The van der Waals surface area contributed by atoms with E-state index in [1.54, 1.807) is 21.1 Å². The van der Waals surface area contributed by atoms with E-state index in [-0.39, 0.29) is 36.7 Å². The van der Waals surface area contributed by atoms with Crippen LogP contribution in [0.4, 0.5) is 0 Å².